The first-order valence-electron chi connectivity index (χ1n) is 10.6. The predicted octanol–water partition coefficient (Wildman–Crippen LogP) is 2.29. The van der Waals surface area contributed by atoms with Gasteiger partial charge < -0.3 is 21.7 Å². The van der Waals surface area contributed by atoms with Crippen LogP contribution in [-0.2, 0) is 9.53 Å². The molecule has 32 heavy (non-hydrogen) atoms. The highest BCUT2D eigenvalue weighted by Crippen LogP contribution is 2.67. The third-order valence-corrected chi connectivity index (χ3v) is 10.1. The zero-order valence-electron chi connectivity index (χ0n) is 18.0. The van der Waals surface area contributed by atoms with Crippen LogP contribution in [0.3, 0.4) is 0 Å². The highest BCUT2D eigenvalue weighted by Gasteiger charge is 2.57. The largest absolute Gasteiger partial charge is 1.00 e. The van der Waals surface area contributed by atoms with Crippen LogP contribution in [0.1, 0.15) is 18.1 Å². The average molecular weight is 505 g/mol. The van der Waals surface area contributed by atoms with E-state index in [2.05, 4.69) is 72.8 Å². The van der Waals surface area contributed by atoms with Gasteiger partial charge in [0.05, 0.1) is 6.61 Å². The Labute approximate surface area is 201 Å². The molecule has 2 nitrogen and oxygen atoms in total. The number of carbonyl (C=O) groups is 1. The summed E-state index contributed by atoms with van der Waals surface area (Å²) in [6.45, 7) is 2.22. The number of carbonyl (C=O) groups excluding carboxylic acids is 1. The number of hydrogen-bond donors (Lipinski definition) is 0. The standard InChI is InChI=1S/C28H26O2P.BrH/c1-2-30-28(29)27(23-15-7-3-8-16-23)31(24-17-9-4-10-18-24,25-19-11-5-12-20-25)26-21-13-6-14-22-26;/h3-22,27H,2H2,1H3;1H/q+1;/p-1. The van der Waals surface area contributed by atoms with Gasteiger partial charge in [-0.3, -0.25) is 0 Å². The highest BCUT2D eigenvalue weighted by atomic mass is 79.9. The maximum atomic E-state index is 13.7. The summed E-state index contributed by atoms with van der Waals surface area (Å²) in [5.74, 6) is -0.182. The van der Waals surface area contributed by atoms with E-state index in [0.29, 0.717) is 6.61 Å². The van der Waals surface area contributed by atoms with Crippen molar-refractivity contribution in [3.8, 4) is 0 Å². The van der Waals surface area contributed by atoms with E-state index in [1.165, 1.54) is 0 Å². The van der Waals surface area contributed by atoms with E-state index in [-0.39, 0.29) is 23.0 Å². The fourth-order valence-corrected chi connectivity index (χ4v) is 8.98. The fraction of sp³-hybridized carbons (Fsp3) is 0.107. The van der Waals surface area contributed by atoms with Crippen molar-refractivity contribution >= 4 is 29.1 Å². The normalized spacial score (nSPS) is 11.8. The molecule has 0 aliphatic heterocycles. The second kappa shape index (κ2) is 11.2. The molecule has 0 saturated heterocycles. The van der Waals surface area contributed by atoms with E-state index in [9.17, 15) is 4.79 Å². The summed E-state index contributed by atoms with van der Waals surface area (Å²) in [4.78, 5) is 13.7. The molecule has 0 aliphatic carbocycles. The van der Waals surface area contributed by atoms with Gasteiger partial charge in [0.2, 0.25) is 5.66 Å². The van der Waals surface area contributed by atoms with Crippen LogP contribution in [0.2, 0.25) is 0 Å². The molecule has 1 unspecified atom stereocenters. The van der Waals surface area contributed by atoms with Crippen LogP contribution in [0.4, 0.5) is 0 Å². The number of hydrogen-bond acceptors (Lipinski definition) is 2. The third-order valence-electron chi connectivity index (χ3n) is 5.50. The summed E-state index contributed by atoms with van der Waals surface area (Å²) in [5.41, 5.74) is 0.534. The molecular weight excluding hydrogens is 479 g/mol. The second-order valence-electron chi connectivity index (χ2n) is 7.29. The van der Waals surface area contributed by atoms with Crippen molar-refractivity contribution in [3.63, 3.8) is 0 Å². The Kier molecular flexibility index (Phi) is 8.39. The molecule has 0 amide bonds. The Hall–Kier alpha value is -2.74. The minimum Gasteiger partial charge on any atom is -1.00 e. The quantitative estimate of drug-likeness (QED) is 0.285. The van der Waals surface area contributed by atoms with Crippen molar-refractivity contribution in [1.82, 2.24) is 0 Å². The third kappa shape index (κ3) is 4.55. The van der Waals surface area contributed by atoms with Crippen molar-refractivity contribution in [3.05, 3.63) is 127 Å². The molecule has 0 bridgehead atoms. The predicted molar refractivity (Wildman–Crippen MR) is 131 cm³/mol. The Morgan fingerprint density at radius 2 is 1.00 bits per heavy atom. The van der Waals surface area contributed by atoms with Crippen molar-refractivity contribution in [2.75, 3.05) is 6.61 Å². The first kappa shape index (κ1) is 23.9. The monoisotopic (exact) mass is 504 g/mol. The number of ether oxygens (including phenoxy) is 1. The molecule has 4 aromatic carbocycles. The van der Waals surface area contributed by atoms with Gasteiger partial charge in [0.15, 0.2) is 0 Å². The minimum atomic E-state index is -2.45. The van der Waals surface area contributed by atoms with Crippen LogP contribution in [0.15, 0.2) is 121 Å². The molecule has 0 aliphatic rings. The molecule has 4 rings (SSSR count). The van der Waals surface area contributed by atoms with Crippen LogP contribution >= 0.6 is 7.26 Å². The van der Waals surface area contributed by atoms with E-state index >= 15 is 0 Å². The molecule has 1 atom stereocenters. The van der Waals surface area contributed by atoms with E-state index < -0.39 is 12.9 Å². The average Bonchev–Trinajstić information content (AvgIpc) is 2.85. The van der Waals surface area contributed by atoms with Gasteiger partial charge in [-0.15, -0.1) is 0 Å². The smallest absolute Gasteiger partial charge is 0.352 e. The zero-order chi connectivity index (χ0) is 21.5. The number of rotatable bonds is 7. The molecule has 4 aromatic rings. The SMILES string of the molecule is CCOC(=O)C(c1ccccc1)[P+](c1ccccc1)(c1ccccc1)c1ccccc1.[Br-]. The molecule has 0 heterocycles. The Morgan fingerprint density at radius 1 is 0.656 bits per heavy atom. The van der Waals surface area contributed by atoms with E-state index in [1.807, 2.05) is 55.5 Å². The lowest BCUT2D eigenvalue weighted by Crippen LogP contribution is -3.00. The van der Waals surface area contributed by atoms with E-state index in [4.69, 9.17) is 4.74 Å². The van der Waals surface area contributed by atoms with E-state index in [0.717, 1.165) is 21.5 Å². The van der Waals surface area contributed by atoms with Gasteiger partial charge in [-0.25, -0.2) is 4.79 Å². The number of halogens is 1. The van der Waals surface area contributed by atoms with Crippen molar-refractivity contribution in [1.29, 1.82) is 0 Å². The van der Waals surface area contributed by atoms with Crippen LogP contribution < -0.4 is 32.9 Å². The maximum absolute atomic E-state index is 13.7. The first-order valence-corrected chi connectivity index (χ1v) is 12.4. The Morgan fingerprint density at radius 3 is 1.34 bits per heavy atom. The van der Waals surface area contributed by atoms with Crippen LogP contribution in [0.25, 0.3) is 0 Å². The number of benzene rings is 4. The maximum Gasteiger partial charge on any atom is 0.352 e. The lowest BCUT2D eigenvalue weighted by Gasteiger charge is -2.33. The molecule has 0 aromatic heterocycles. The van der Waals surface area contributed by atoms with Crippen LogP contribution in [-0.4, -0.2) is 12.6 Å². The van der Waals surface area contributed by atoms with Crippen molar-refractivity contribution in [2.45, 2.75) is 12.6 Å². The molecule has 0 saturated carbocycles. The molecule has 0 radical (unpaired) electrons. The summed E-state index contributed by atoms with van der Waals surface area (Å²) in [7, 11) is -2.45. The van der Waals surface area contributed by atoms with Gasteiger partial charge in [-0.05, 0) is 43.3 Å². The molecule has 162 valence electrons. The van der Waals surface area contributed by atoms with Gasteiger partial charge in [0.25, 0.3) is 0 Å². The summed E-state index contributed by atoms with van der Waals surface area (Å²) >= 11 is 0. The summed E-state index contributed by atoms with van der Waals surface area (Å²) in [6.07, 6.45) is 0. The molecule has 0 N–H and O–H groups in total. The molecule has 4 heteroatoms. The van der Waals surface area contributed by atoms with Crippen LogP contribution in [0, 0.1) is 0 Å². The van der Waals surface area contributed by atoms with Gasteiger partial charge in [0.1, 0.15) is 23.2 Å². The topological polar surface area (TPSA) is 26.3 Å². The summed E-state index contributed by atoms with van der Waals surface area (Å²) in [6, 6.07) is 41.4. The molecular formula is C28H26BrO2P. The summed E-state index contributed by atoms with van der Waals surface area (Å²) in [5, 5.41) is 3.48. The Balaban J connectivity index is 0.00000289. The molecule has 0 spiro atoms. The second-order valence-corrected chi connectivity index (χ2v) is 10.8. The van der Waals surface area contributed by atoms with E-state index in [1.54, 1.807) is 0 Å². The van der Waals surface area contributed by atoms with Crippen molar-refractivity contribution < 1.29 is 26.5 Å². The fourth-order valence-electron chi connectivity index (χ4n) is 4.26. The lowest BCUT2D eigenvalue weighted by molar-refractivity contribution is -0.142. The van der Waals surface area contributed by atoms with Gasteiger partial charge in [-0.1, -0.05) is 84.9 Å². The summed E-state index contributed by atoms with van der Waals surface area (Å²) < 4.78 is 5.72. The lowest BCUT2D eigenvalue weighted by atomic mass is 10.1. The van der Waals surface area contributed by atoms with Gasteiger partial charge in [-0.2, -0.15) is 0 Å². The Bertz CT molecular complexity index is 1010. The minimum absolute atomic E-state index is 0. The molecule has 0 fully saturated rings. The van der Waals surface area contributed by atoms with Crippen molar-refractivity contribution in [2.24, 2.45) is 0 Å². The van der Waals surface area contributed by atoms with Crippen LogP contribution in [0.5, 0.6) is 0 Å². The highest BCUT2D eigenvalue weighted by molar-refractivity contribution is 7.96. The van der Waals surface area contributed by atoms with Gasteiger partial charge in [0, 0.05) is 5.56 Å². The zero-order valence-corrected chi connectivity index (χ0v) is 20.5. The first-order chi connectivity index (χ1) is 15.3. The number of esters is 1. The van der Waals surface area contributed by atoms with Gasteiger partial charge >= 0.3 is 5.97 Å².